The van der Waals surface area contributed by atoms with Gasteiger partial charge >= 0.3 is 18.2 Å². The molecule has 2 N–H and O–H groups in total. The molecule has 25 heavy (non-hydrogen) atoms. The second kappa shape index (κ2) is 7.69. The summed E-state index contributed by atoms with van der Waals surface area (Å²) in [6.45, 7) is -0.293. The molecular weight excluding hydrogens is 337 g/mol. The number of hydrogen-bond acceptors (Lipinski definition) is 3. The van der Waals surface area contributed by atoms with Gasteiger partial charge in [0.15, 0.2) is 0 Å². The lowest BCUT2D eigenvalue weighted by Crippen LogP contribution is -2.29. The number of urea groups is 1. The summed E-state index contributed by atoms with van der Waals surface area (Å²) in [6.07, 6.45) is -4.50. The van der Waals surface area contributed by atoms with Crippen molar-refractivity contribution in [3.63, 3.8) is 0 Å². The number of halogens is 3. The SMILES string of the molecule is COC(=O)c1cccc(NC(=O)NCc2ccccc2C(F)(F)F)c1. The number of alkyl halides is 3. The van der Waals surface area contributed by atoms with E-state index in [2.05, 4.69) is 15.4 Å². The summed E-state index contributed by atoms with van der Waals surface area (Å²) in [7, 11) is 1.23. The Bertz CT molecular complexity index is 776. The van der Waals surface area contributed by atoms with E-state index in [1.807, 2.05) is 0 Å². The number of esters is 1. The van der Waals surface area contributed by atoms with Crippen molar-refractivity contribution >= 4 is 17.7 Å². The van der Waals surface area contributed by atoms with Crippen LogP contribution in [0.2, 0.25) is 0 Å². The lowest BCUT2D eigenvalue weighted by Gasteiger charge is -2.13. The van der Waals surface area contributed by atoms with Crippen LogP contribution < -0.4 is 10.6 Å². The van der Waals surface area contributed by atoms with Gasteiger partial charge in [-0.1, -0.05) is 24.3 Å². The van der Waals surface area contributed by atoms with Crippen LogP contribution in [0.4, 0.5) is 23.7 Å². The maximum absolute atomic E-state index is 12.9. The number of nitrogens with one attached hydrogen (secondary N) is 2. The third-order valence-corrected chi connectivity index (χ3v) is 3.30. The molecule has 0 unspecified atom stereocenters. The molecule has 0 bridgehead atoms. The molecule has 2 aromatic rings. The quantitative estimate of drug-likeness (QED) is 0.822. The Balaban J connectivity index is 2.02. The van der Waals surface area contributed by atoms with Crippen molar-refractivity contribution in [1.82, 2.24) is 5.32 Å². The van der Waals surface area contributed by atoms with Crippen LogP contribution in [0.15, 0.2) is 48.5 Å². The van der Waals surface area contributed by atoms with Crippen LogP contribution in [-0.4, -0.2) is 19.1 Å². The molecule has 0 aliphatic rings. The molecule has 0 saturated heterocycles. The van der Waals surface area contributed by atoms with Gasteiger partial charge in [-0.05, 0) is 29.8 Å². The molecule has 0 radical (unpaired) electrons. The molecule has 2 rings (SSSR count). The summed E-state index contributed by atoms with van der Waals surface area (Å²) in [5, 5.41) is 4.81. The van der Waals surface area contributed by atoms with E-state index in [1.54, 1.807) is 6.07 Å². The topological polar surface area (TPSA) is 67.4 Å². The first-order valence-electron chi connectivity index (χ1n) is 7.19. The number of hydrogen-bond donors (Lipinski definition) is 2. The lowest BCUT2D eigenvalue weighted by atomic mass is 10.1. The zero-order valence-corrected chi connectivity index (χ0v) is 13.2. The fraction of sp³-hybridized carbons (Fsp3) is 0.176. The van der Waals surface area contributed by atoms with Crippen LogP contribution in [0.3, 0.4) is 0 Å². The van der Waals surface area contributed by atoms with Gasteiger partial charge in [0.2, 0.25) is 0 Å². The predicted molar refractivity (Wildman–Crippen MR) is 85.1 cm³/mol. The highest BCUT2D eigenvalue weighted by molar-refractivity contribution is 5.93. The number of carbonyl (C=O) groups is 2. The van der Waals surface area contributed by atoms with Gasteiger partial charge in [-0.15, -0.1) is 0 Å². The van der Waals surface area contributed by atoms with Gasteiger partial charge in [0.25, 0.3) is 0 Å². The average Bonchev–Trinajstić information content (AvgIpc) is 2.59. The largest absolute Gasteiger partial charge is 0.465 e. The fourth-order valence-corrected chi connectivity index (χ4v) is 2.14. The van der Waals surface area contributed by atoms with Crippen LogP contribution in [0.1, 0.15) is 21.5 Å². The van der Waals surface area contributed by atoms with Crippen LogP contribution in [0.5, 0.6) is 0 Å². The normalized spacial score (nSPS) is 10.9. The standard InChI is InChI=1S/C17H15F3N2O3/c1-25-15(23)11-6-4-7-13(9-11)22-16(24)21-10-12-5-2-3-8-14(12)17(18,19)20/h2-9H,10H2,1H3,(H2,21,22,24). The number of benzene rings is 2. The van der Waals surface area contributed by atoms with E-state index in [0.29, 0.717) is 5.69 Å². The highest BCUT2D eigenvalue weighted by Gasteiger charge is 2.32. The minimum atomic E-state index is -4.50. The molecule has 0 spiro atoms. The van der Waals surface area contributed by atoms with Crippen LogP contribution in [0.25, 0.3) is 0 Å². The maximum atomic E-state index is 12.9. The van der Waals surface area contributed by atoms with Gasteiger partial charge in [0.05, 0.1) is 18.2 Å². The molecule has 0 aromatic heterocycles. The zero-order chi connectivity index (χ0) is 18.4. The van der Waals surface area contributed by atoms with Gasteiger partial charge in [-0.25, -0.2) is 9.59 Å². The summed E-state index contributed by atoms with van der Waals surface area (Å²) in [5.41, 5.74) is -0.302. The van der Waals surface area contributed by atoms with Gasteiger partial charge in [0.1, 0.15) is 0 Å². The van der Waals surface area contributed by atoms with Gasteiger partial charge in [0, 0.05) is 12.2 Å². The van der Waals surface area contributed by atoms with Crippen molar-refractivity contribution < 1.29 is 27.5 Å². The minimum Gasteiger partial charge on any atom is -0.465 e. The van der Waals surface area contributed by atoms with Crippen molar-refractivity contribution in [3.8, 4) is 0 Å². The Morgan fingerprint density at radius 2 is 1.80 bits per heavy atom. The number of ether oxygens (including phenoxy) is 1. The molecule has 5 nitrogen and oxygen atoms in total. The first kappa shape index (κ1) is 18.3. The van der Waals surface area contributed by atoms with E-state index >= 15 is 0 Å². The van der Waals surface area contributed by atoms with Gasteiger partial charge < -0.3 is 15.4 Å². The van der Waals surface area contributed by atoms with Crippen LogP contribution in [0, 0.1) is 0 Å². The van der Waals surface area contributed by atoms with Crippen molar-refractivity contribution in [1.29, 1.82) is 0 Å². The maximum Gasteiger partial charge on any atom is 0.416 e. The van der Waals surface area contributed by atoms with E-state index in [0.717, 1.165) is 6.07 Å². The molecule has 2 aromatic carbocycles. The zero-order valence-electron chi connectivity index (χ0n) is 13.2. The summed E-state index contributed by atoms with van der Waals surface area (Å²) in [5.74, 6) is -0.567. The van der Waals surface area contributed by atoms with E-state index in [9.17, 15) is 22.8 Å². The number of rotatable bonds is 4. The fourth-order valence-electron chi connectivity index (χ4n) is 2.14. The van der Waals surface area contributed by atoms with Crippen LogP contribution in [-0.2, 0) is 17.5 Å². The second-order valence-electron chi connectivity index (χ2n) is 5.03. The average molecular weight is 352 g/mol. The summed E-state index contributed by atoms with van der Waals surface area (Å²) in [6, 6.07) is 10.3. The molecule has 0 aliphatic carbocycles. The third kappa shape index (κ3) is 4.97. The molecule has 0 heterocycles. The number of methoxy groups -OCH3 is 1. The molecule has 2 amide bonds. The number of carbonyl (C=O) groups excluding carboxylic acids is 2. The lowest BCUT2D eigenvalue weighted by molar-refractivity contribution is -0.138. The van der Waals surface area contributed by atoms with Gasteiger partial charge in [-0.3, -0.25) is 0 Å². The van der Waals surface area contributed by atoms with Crippen molar-refractivity contribution in [2.24, 2.45) is 0 Å². The Morgan fingerprint density at radius 1 is 1.08 bits per heavy atom. The van der Waals surface area contributed by atoms with E-state index < -0.39 is 23.7 Å². The van der Waals surface area contributed by atoms with Crippen molar-refractivity contribution in [3.05, 3.63) is 65.2 Å². The highest BCUT2D eigenvalue weighted by atomic mass is 19.4. The van der Waals surface area contributed by atoms with E-state index in [1.165, 1.54) is 43.5 Å². The highest BCUT2D eigenvalue weighted by Crippen LogP contribution is 2.31. The first-order valence-corrected chi connectivity index (χ1v) is 7.19. The summed E-state index contributed by atoms with van der Waals surface area (Å²) < 4.78 is 43.3. The molecule has 0 atom stereocenters. The van der Waals surface area contributed by atoms with E-state index in [4.69, 9.17) is 0 Å². The third-order valence-electron chi connectivity index (χ3n) is 3.30. The smallest absolute Gasteiger partial charge is 0.416 e. The second-order valence-corrected chi connectivity index (χ2v) is 5.03. The molecule has 8 heteroatoms. The van der Waals surface area contributed by atoms with Crippen molar-refractivity contribution in [2.75, 3.05) is 12.4 Å². The predicted octanol–water partition coefficient (Wildman–Crippen LogP) is 3.81. The molecule has 0 aliphatic heterocycles. The molecular formula is C17H15F3N2O3. The van der Waals surface area contributed by atoms with Gasteiger partial charge in [-0.2, -0.15) is 13.2 Å². The molecule has 132 valence electrons. The monoisotopic (exact) mass is 352 g/mol. The Kier molecular flexibility index (Phi) is 5.63. The Morgan fingerprint density at radius 3 is 2.48 bits per heavy atom. The summed E-state index contributed by atoms with van der Waals surface area (Å²) >= 11 is 0. The number of amides is 2. The molecule has 0 saturated carbocycles. The molecule has 0 fully saturated rings. The van der Waals surface area contributed by atoms with Crippen molar-refractivity contribution in [2.45, 2.75) is 12.7 Å². The summed E-state index contributed by atoms with van der Waals surface area (Å²) in [4.78, 5) is 23.3. The first-order chi connectivity index (χ1) is 11.8. The minimum absolute atomic E-state index is 0.0477. The number of anilines is 1. The Hall–Kier alpha value is -3.03. The Labute approximate surface area is 141 Å². The van der Waals surface area contributed by atoms with Crippen LogP contribution >= 0.6 is 0 Å². The van der Waals surface area contributed by atoms with E-state index in [-0.39, 0.29) is 17.7 Å².